The zero-order chi connectivity index (χ0) is 17.1. The monoisotopic (exact) mass is 314 g/mol. The van der Waals surface area contributed by atoms with Crippen molar-refractivity contribution in [3.05, 3.63) is 46.3 Å². The summed E-state index contributed by atoms with van der Waals surface area (Å²) >= 11 is 0. The van der Waals surface area contributed by atoms with E-state index in [0.717, 1.165) is 16.9 Å². The summed E-state index contributed by atoms with van der Waals surface area (Å²) in [6.45, 7) is 7.54. The predicted octanol–water partition coefficient (Wildman–Crippen LogP) is 2.48. The van der Waals surface area contributed by atoms with Crippen molar-refractivity contribution >= 4 is 11.9 Å². The molecule has 1 aromatic carbocycles. The molecule has 1 unspecified atom stereocenters. The third kappa shape index (κ3) is 3.41. The maximum absolute atomic E-state index is 12.2. The number of carbonyl (C=O) groups excluding carboxylic acids is 1. The first kappa shape index (κ1) is 16.7. The van der Waals surface area contributed by atoms with Crippen LogP contribution < -0.4 is 15.8 Å². The number of aryl methyl sites for hydroxylation is 3. The summed E-state index contributed by atoms with van der Waals surface area (Å²) in [6.07, 6.45) is -0.439. The number of anilines is 1. The average Bonchev–Trinajstić information content (AvgIpc) is 2.49. The number of rotatable bonds is 4. The number of hydrogen-bond acceptors (Lipinski definition) is 5. The highest BCUT2D eigenvalue weighted by Crippen LogP contribution is 2.29. The van der Waals surface area contributed by atoms with Gasteiger partial charge in [-0.15, -0.1) is 0 Å². The average molecular weight is 314 g/mol. The Morgan fingerprint density at radius 3 is 2.39 bits per heavy atom. The number of aromatic nitrogens is 2. The molecule has 0 aliphatic carbocycles. The van der Waals surface area contributed by atoms with Gasteiger partial charge in [0.1, 0.15) is 11.9 Å². The molecule has 1 heterocycles. The number of carbonyl (C=O) groups is 1. The van der Waals surface area contributed by atoms with Gasteiger partial charge in [0.25, 0.3) is 5.91 Å². The number of nitrogens with zero attached hydrogens (tertiary/aromatic N) is 2. The highest BCUT2D eigenvalue weighted by atomic mass is 16.5. The number of hydrogen-bond donors (Lipinski definition) is 2. The van der Waals surface area contributed by atoms with Crippen molar-refractivity contribution in [3.8, 4) is 5.75 Å². The molecular formula is C17H22N4O2. The Kier molecular flexibility index (Phi) is 4.83. The normalized spacial score (nSPS) is 11.9. The van der Waals surface area contributed by atoms with Crippen LogP contribution in [-0.4, -0.2) is 22.9 Å². The van der Waals surface area contributed by atoms with Gasteiger partial charge >= 0.3 is 0 Å². The molecule has 0 aliphatic rings. The van der Waals surface area contributed by atoms with Crippen molar-refractivity contribution in [2.24, 2.45) is 0 Å². The smallest absolute Gasteiger partial charge is 0.254 e. The van der Waals surface area contributed by atoms with E-state index in [2.05, 4.69) is 15.3 Å². The van der Waals surface area contributed by atoms with E-state index < -0.39 is 6.10 Å². The molecule has 6 nitrogen and oxygen atoms in total. The Balaban J connectivity index is 2.47. The summed E-state index contributed by atoms with van der Waals surface area (Å²) < 4.78 is 6.08. The summed E-state index contributed by atoms with van der Waals surface area (Å²) in [5.74, 6) is 0.661. The largest absolute Gasteiger partial charge is 0.484 e. The van der Waals surface area contributed by atoms with E-state index >= 15 is 0 Å². The van der Waals surface area contributed by atoms with Crippen LogP contribution in [0.2, 0.25) is 0 Å². The fourth-order valence-electron chi connectivity index (χ4n) is 2.53. The molecule has 0 radical (unpaired) electrons. The first-order valence-electron chi connectivity index (χ1n) is 7.44. The molecule has 0 aliphatic heterocycles. The Morgan fingerprint density at radius 2 is 1.83 bits per heavy atom. The van der Waals surface area contributed by atoms with E-state index in [0.29, 0.717) is 17.0 Å². The third-order valence-corrected chi connectivity index (χ3v) is 3.68. The second-order valence-corrected chi connectivity index (χ2v) is 5.49. The van der Waals surface area contributed by atoms with Gasteiger partial charge in [0.15, 0.2) is 0 Å². The second kappa shape index (κ2) is 6.64. The van der Waals surface area contributed by atoms with Crippen molar-refractivity contribution < 1.29 is 9.53 Å². The van der Waals surface area contributed by atoms with Crippen LogP contribution in [0.15, 0.2) is 18.2 Å². The van der Waals surface area contributed by atoms with Gasteiger partial charge in [0.2, 0.25) is 5.95 Å². The van der Waals surface area contributed by atoms with Crippen molar-refractivity contribution in [1.29, 1.82) is 0 Å². The van der Waals surface area contributed by atoms with Crippen LogP contribution in [0.3, 0.4) is 0 Å². The van der Waals surface area contributed by atoms with Crippen molar-refractivity contribution in [2.45, 2.75) is 33.8 Å². The van der Waals surface area contributed by atoms with Crippen molar-refractivity contribution in [1.82, 2.24) is 15.3 Å². The molecule has 1 atom stereocenters. The lowest BCUT2D eigenvalue weighted by Gasteiger charge is -2.20. The molecule has 2 aromatic rings. The van der Waals surface area contributed by atoms with Crippen LogP contribution in [0.25, 0.3) is 0 Å². The van der Waals surface area contributed by atoms with E-state index in [4.69, 9.17) is 10.5 Å². The Hall–Kier alpha value is -2.63. The van der Waals surface area contributed by atoms with E-state index in [-0.39, 0.29) is 11.9 Å². The van der Waals surface area contributed by atoms with E-state index in [1.165, 1.54) is 0 Å². The lowest BCUT2D eigenvalue weighted by atomic mass is 10.1. The van der Waals surface area contributed by atoms with Crippen LogP contribution in [0.4, 0.5) is 5.95 Å². The summed E-state index contributed by atoms with van der Waals surface area (Å²) in [4.78, 5) is 20.5. The van der Waals surface area contributed by atoms with Crippen LogP contribution in [-0.2, 0) is 0 Å². The molecule has 0 saturated heterocycles. The van der Waals surface area contributed by atoms with Gasteiger partial charge in [-0.25, -0.2) is 9.97 Å². The molecule has 3 N–H and O–H groups in total. The molecule has 0 fully saturated rings. The maximum Gasteiger partial charge on any atom is 0.254 e. The van der Waals surface area contributed by atoms with E-state index in [9.17, 15) is 4.79 Å². The minimum absolute atomic E-state index is 0.127. The summed E-state index contributed by atoms with van der Waals surface area (Å²) in [7, 11) is 1.57. The molecule has 122 valence electrons. The van der Waals surface area contributed by atoms with Crippen LogP contribution >= 0.6 is 0 Å². The molecule has 23 heavy (non-hydrogen) atoms. The molecule has 1 aromatic heterocycles. The van der Waals surface area contributed by atoms with Gasteiger partial charge in [0, 0.05) is 7.05 Å². The number of benzene rings is 1. The van der Waals surface area contributed by atoms with Crippen LogP contribution in [0.1, 0.15) is 45.9 Å². The Morgan fingerprint density at radius 1 is 1.22 bits per heavy atom. The quantitative estimate of drug-likeness (QED) is 0.905. The fourth-order valence-corrected chi connectivity index (χ4v) is 2.53. The van der Waals surface area contributed by atoms with Gasteiger partial charge in [-0.05, 0) is 38.8 Å². The van der Waals surface area contributed by atoms with Crippen molar-refractivity contribution in [2.75, 3.05) is 12.8 Å². The Bertz CT molecular complexity index is 723. The van der Waals surface area contributed by atoms with Crippen LogP contribution in [0.5, 0.6) is 5.75 Å². The minimum atomic E-state index is -0.439. The third-order valence-electron chi connectivity index (χ3n) is 3.68. The molecule has 1 amide bonds. The summed E-state index contributed by atoms with van der Waals surface area (Å²) in [5, 5.41) is 2.61. The first-order valence-corrected chi connectivity index (χ1v) is 7.44. The summed E-state index contributed by atoms with van der Waals surface area (Å²) in [6, 6.07) is 5.94. The van der Waals surface area contributed by atoms with Crippen LogP contribution in [0, 0.1) is 20.8 Å². The number of nitrogens with two attached hydrogens (primary N) is 1. The Labute approximate surface area is 136 Å². The van der Waals surface area contributed by atoms with Gasteiger partial charge in [-0.3, -0.25) is 4.79 Å². The number of nitrogen functional groups attached to an aromatic ring is 1. The van der Waals surface area contributed by atoms with Gasteiger partial charge in [-0.2, -0.15) is 0 Å². The predicted molar refractivity (Wildman–Crippen MR) is 89.5 cm³/mol. The molecule has 0 spiro atoms. The summed E-state index contributed by atoms with van der Waals surface area (Å²) in [5.41, 5.74) is 9.22. The first-order chi connectivity index (χ1) is 10.8. The molecule has 0 bridgehead atoms. The maximum atomic E-state index is 12.2. The lowest BCUT2D eigenvalue weighted by Crippen LogP contribution is -2.25. The molecule has 2 rings (SSSR count). The zero-order valence-corrected chi connectivity index (χ0v) is 14.1. The van der Waals surface area contributed by atoms with Gasteiger partial charge in [0.05, 0.1) is 17.0 Å². The van der Waals surface area contributed by atoms with Gasteiger partial charge < -0.3 is 15.8 Å². The molecular weight excluding hydrogens is 292 g/mol. The fraction of sp³-hybridized carbons (Fsp3) is 0.353. The highest BCUT2D eigenvalue weighted by Gasteiger charge is 2.23. The highest BCUT2D eigenvalue weighted by molar-refractivity contribution is 5.96. The number of para-hydroxylation sites is 1. The van der Waals surface area contributed by atoms with E-state index in [1.54, 1.807) is 14.0 Å². The number of ether oxygens (including phenoxy) is 1. The standard InChI is InChI=1S/C17H22N4O2/c1-9-7-6-8-10(2)15(9)23-12(4)14-13(16(22)19-5)11(3)20-17(18)21-14/h6-8,12H,1-5H3,(H,19,22)(H2,18,20,21). The van der Waals surface area contributed by atoms with E-state index in [1.807, 2.05) is 39.0 Å². The number of amides is 1. The zero-order valence-electron chi connectivity index (χ0n) is 14.1. The molecule has 0 saturated carbocycles. The van der Waals surface area contributed by atoms with Crippen molar-refractivity contribution in [3.63, 3.8) is 0 Å². The topological polar surface area (TPSA) is 90.1 Å². The SMILES string of the molecule is CNC(=O)c1c(C)nc(N)nc1C(C)Oc1c(C)cccc1C. The minimum Gasteiger partial charge on any atom is -0.484 e. The lowest BCUT2D eigenvalue weighted by molar-refractivity contribution is 0.0956. The second-order valence-electron chi connectivity index (χ2n) is 5.49. The van der Waals surface area contributed by atoms with Gasteiger partial charge in [-0.1, -0.05) is 18.2 Å². The molecule has 6 heteroatoms. The number of nitrogens with one attached hydrogen (secondary N) is 1.